The summed E-state index contributed by atoms with van der Waals surface area (Å²) in [7, 11) is 1.66. The molecule has 0 unspecified atom stereocenters. The standard InChI is InChI=1S/C15H15FN4O3/c1-8-17-14(23-19-8)12-6-10(21-2)7-20(12)15-18-11-5-9(16)3-4-13(11)22-15/h3-5,10,12H,6-7H2,1-2H3/t10-,12+/m0/s1. The summed E-state index contributed by atoms with van der Waals surface area (Å²) < 4.78 is 29.8. The van der Waals surface area contributed by atoms with E-state index in [4.69, 9.17) is 13.7 Å². The van der Waals surface area contributed by atoms with Crippen LogP contribution in [0.15, 0.2) is 27.1 Å². The van der Waals surface area contributed by atoms with E-state index in [1.54, 1.807) is 20.1 Å². The molecule has 0 N–H and O–H groups in total. The Morgan fingerprint density at radius 2 is 2.22 bits per heavy atom. The third kappa shape index (κ3) is 2.44. The van der Waals surface area contributed by atoms with Gasteiger partial charge in [-0.25, -0.2) is 4.39 Å². The van der Waals surface area contributed by atoms with Gasteiger partial charge in [0.2, 0.25) is 5.89 Å². The Balaban J connectivity index is 1.73. The van der Waals surface area contributed by atoms with Crippen LogP contribution in [0.3, 0.4) is 0 Å². The quantitative estimate of drug-likeness (QED) is 0.734. The zero-order valence-electron chi connectivity index (χ0n) is 12.7. The predicted molar refractivity (Wildman–Crippen MR) is 78.5 cm³/mol. The number of oxazole rings is 1. The minimum atomic E-state index is -0.349. The second-order valence-electron chi connectivity index (χ2n) is 5.55. The van der Waals surface area contributed by atoms with Crippen LogP contribution in [-0.2, 0) is 4.74 Å². The number of aromatic nitrogens is 3. The van der Waals surface area contributed by atoms with Crippen LogP contribution in [0.5, 0.6) is 0 Å². The molecule has 23 heavy (non-hydrogen) atoms. The number of methoxy groups -OCH3 is 1. The zero-order chi connectivity index (χ0) is 16.0. The van der Waals surface area contributed by atoms with Crippen molar-refractivity contribution < 1.29 is 18.1 Å². The summed E-state index contributed by atoms with van der Waals surface area (Å²) in [5, 5.41) is 3.84. The maximum atomic E-state index is 13.3. The first-order chi connectivity index (χ1) is 11.1. The van der Waals surface area contributed by atoms with Gasteiger partial charge in [-0.15, -0.1) is 0 Å². The van der Waals surface area contributed by atoms with E-state index in [2.05, 4.69) is 15.1 Å². The normalized spacial score (nSPS) is 21.4. The van der Waals surface area contributed by atoms with E-state index in [0.717, 1.165) is 0 Å². The third-order valence-corrected chi connectivity index (χ3v) is 4.01. The van der Waals surface area contributed by atoms with Crippen molar-refractivity contribution in [2.24, 2.45) is 0 Å². The number of fused-ring (bicyclic) bond motifs is 1. The summed E-state index contributed by atoms with van der Waals surface area (Å²) >= 11 is 0. The lowest BCUT2D eigenvalue weighted by Gasteiger charge is -2.18. The van der Waals surface area contributed by atoms with Gasteiger partial charge in [0.05, 0.1) is 6.10 Å². The van der Waals surface area contributed by atoms with Crippen LogP contribution in [0.4, 0.5) is 10.4 Å². The molecule has 1 aliphatic heterocycles. The van der Waals surface area contributed by atoms with Gasteiger partial charge < -0.3 is 18.6 Å². The van der Waals surface area contributed by atoms with Crippen LogP contribution in [0.1, 0.15) is 24.2 Å². The number of anilines is 1. The highest BCUT2D eigenvalue weighted by atomic mass is 19.1. The van der Waals surface area contributed by atoms with Crippen LogP contribution in [0.25, 0.3) is 11.1 Å². The average molecular weight is 318 g/mol. The first-order valence-corrected chi connectivity index (χ1v) is 7.30. The van der Waals surface area contributed by atoms with E-state index < -0.39 is 0 Å². The van der Waals surface area contributed by atoms with E-state index in [0.29, 0.717) is 41.8 Å². The van der Waals surface area contributed by atoms with Gasteiger partial charge in [0.1, 0.15) is 17.4 Å². The fourth-order valence-electron chi connectivity index (χ4n) is 2.87. The van der Waals surface area contributed by atoms with E-state index in [-0.39, 0.29) is 18.0 Å². The first kappa shape index (κ1) is 14.1. The largest absolute Gasteiger partial charge is 0.423 e. The van der Waals surface area contributed by atoms with Crippen molar-refractivity contribution >= 4 is 17.1 Å². The predicted octanol–water partition coefficient (Wildman–Crippen LogP) is 2.62. The molecule has 2 aromatic heterocycles. The fourth-order valence-corrected chi connectivity index (χ4v) is 2.87. The van der Waals surface area contributed by atoms with E-state index in [1.165, 1.54) is 12.1 Å². The van der Waals surface area contributed by atoms with E-state index in [9.17, 15) is 4.39 Å². The SMILES string of the molecule is CO[C@H]1C[C@H](c2nc(C)no2)N(c2nc3cc(F)ccc3o2)C1. The summed E-state index contributed by atoms with van der Waals surface area (Å²) in [6.07, 6.45) is 0.685. The maximum Gasteiger partial charge on any atom is 0.299 e. The molecule has 1 aliphatic rings. The number of hydrogen-bond donors (Lipinski definition) is 0. The summed E-state index contributed by atoms with van der Waals surface area (Å²) in [5.41, 5.74) is 1.00. The first-order valence-electron chi connectivity index (χ1n) is 7.30. The highest BCUT2D eigenvalue weighted by molar-refractivity contribution is 5.74. The summed E-state index contributed by atoms with van der Waals surface area (Å²) in [6.45, 7) is 2.35. The van der Waals surface area contributed by atoms with Crippen LogP contribution in [0, 0.1) is 12.7 Å². The zero-order valence-corrected chi connectivity index (χ0v) is 12.7. The highest BCUT2D eigenvalue weighted by Crippen LogP contribution is 2.37. The molecule has 0 radical (unpaired) electrons. The van der Waals surface area contributed by atoms with Crippen molar-refractivity contribution in [3.63, 3.8) is 0 Å². The molecule has 4 rings (SSSR count). The Hall–Kier alpha value is -2.48. The van der Waals surface area contributed by atoms with Crippen molar-refractivity contribution in [1.82, 2.24) is 15.1 Å². The topological polar surface area (TPSA) is 77.4 Å². The van der Waals surface area contributed by atoms with Gasteiger partial charge in [0.15, 0.2) is 11.4 Å². The third-order valence-electron chi connectivity index (χ3n) is 4.01. The summed E-state index contributed by atoms with van der Waals surface area (Å²) in [5.74, 6) is 0.716. The van der Waals surface area contributed by atoms with Crippen LogP contribution in [0.2, 0.25) is 0 Å². The summed E-state index contributed by atoms with van der Waals surface area (Å²) in [6, 6.07) is 4.47. The van der Waals surface area contributed by atoms with Crippen molar-refractivity contribution in [2.45, 2.75) is 25.5 Å². The Labute approximate surface area is 131 Å². The number of ether oxygens (including phenoxy) is 1. The molecule has 3 heterocycles. The second kappa shape index (κ2) is 5.31. The van der Waals surface area contributed by atoms with Gasteiger partial charge in [0.25, 0.3) is 6.01 Å². The second-order valence-corrected chi connectivity index (χ2v) is 5.55. The van der Waals surface area contributed by atoms with E-state index >= 15 is 0 Å². The van der Waals surface area contributed by atoms with Crippen molar-refractivity contribution in [1.29, 1.82) is 0 Å². The van der Waals surface area contributed by atoms with Crippen LogP contribution in [-0.4, -0.2) is 34.9 Å². The Morgan fingerprint density at radius 3 is 2.96 bits per heavy atom. The van der Waals surface area contributed by atoms with Crippen LogP contribution < -0.4 is 4.90 Å². The molecule has 0 amide bonds. The van der Waals surface area contributed by atoms with Crippen LogP contribution >= 0.6 is 0 Å². The molecule has 120 valence electrons. The number of nitrogens with zero attached hydrogens (tertiary/aromatic N) is 4. The number of aryl methyl sites for hydroxylation is 1. The lowest BCUT2D eigenvalue weighted by Crippen LogP contribution is -2.25. The van der Waals surface area contributed by atoms with Crippen molar-refractivity contribution in [2.75, 3.05) is 18.6 Å². The Bertz CT molecular complexity index is 846. The fraction of sp³-hybridized carbons (Fsp3) is 0.400. The molecular formula is C15H15FN4O3. The number of benzene rings is 1. The smallest absolute Gasteiger partial charge is 0.299 e. The molecule has 3 aromatic rings. The Morgan fingerprint density at radius 1 is 1.35 bits per heavy atom. The molecule has 2 atom stereocenters. The van der Waals surface area contributed by atoms with Gasteiger partial charge in [-0.2, -0.15) is 9.97 Å². The van der Waals surface area contributed by atoms with Gasteiger partial charge in [-0.05, 0) is 19.1 Å². The summed E-state index contributed by atoms with van der Waals surface area (Å²) in [4.78, 5) is 10.6. The van der Waals surface area contributed by atoms with E-state index in [1.807, 2.05) is 4.90 Å². The molecule has 8 heteroatoms. The van der Waals surface area contributed by atoms with Gasteiger partial charge in [-0.3, -0.25) is 0 Å². The lowest BCUT2D eigenvalue weighted by molar-refractivity contribution is 0.117. The van der Waals surface area contributed by atoms with Gasteiger partial charge in [0, 0.05) is 26.1 Å². The number of rotatable bonds is 3. The van der Waals surface area contributed by atoms with Crippen molar-refractivity contribution in [3.8, 4) is 0 Å². The van der Waals surface area contributed by atoms with Gasteiger partial charge in [-0.1, -0.05) is 5.16 Å². The molecule has 0 bridgehead atoms. The Kier molecular flexibility index (Phi) is 3.26. The van der Waals surface area contributed by atoms with Crippen molar-refractivity contribution in [3.05, 3.63) is 35.7 Å². The lowest BCUT2D eigenvalue weighted by atomic mass is 10.2. The molecule has 0 spiro atoms. The number of halogens is 1. The molecule has 1 fully saturated rings. The monoisotopic (exact) mass is 318 g/mol. The minimum Gasteiger partial charge on any atom is -0.423 e. The molecule has 0 saturated carbocycles. The average Bonchev–Trinajstić information content (AvgIpc) is 3.22. The molecule has 7 nitrogen and oxygen atoms in total. The maximum absolute atomic E-state index is 13.3. The molecule has 0 aliphatic carbocycles. The molecule has 1 saturated heterocycles. The molecular weight excluding hydrogens is 303 g/mol. The van der Waals surface area contributed by atoms with Gasteiger partial charge >= 0.3 is 0 Å². The molecule has 1 aromatic carbocycles. The minimum absolute atomic E-state index is 0.000968. The highest BCUT2D eigenvalue weighted by Gasteiger charge is 2.39. The number of hydrogen-bond acceptors (Lipinski definition) is 7.